The van der Waals surface area contributed by atoms with Crippen molar-refractivity contribution in [2.75, 3.05) is 0 Å². The zero-order chi connectivity index (χ0) is 11.5. The van der Waals surface area contributed by atoms with Gasteiger partial charge in [0, 0.05) is 12.6 Å². The van der Waals surface area contributed by atoms with Gasteiger partial charge < -0.3 is 0 Å². The third-order valence-corrected chi connectivity index (χ3v) is 2.32. The summed E-state index contributed by atoms with van der Waals surface area (Å²) >= 11 is 0. The normalized spacial score (nSPS) is 23.1. The highest BCUT2D eigenvalue weighted by atomic mass is 19.4. The molecule has 0 aromatic heterocycles. The molecule has 15 heavy (non-hydrogen) atoms. The first-order chi connectivity index (χ1) is 6.95. The van der Waals surface area contributed by atoms with Crippen molar-refractivity contribution in [1.29, 1.82) is 5.26 Å². The zero-order valence-corrected chi connectivity index (χ0v) is 8.25. The highest BCUT2D eigenvalue weighted by Crippen LogP contribution is 2.29. The van der Waals surface area contributed by atoms with Crippen LogP contribution in [0.3, 0.4) is 0 Å². The first-order valence-electron chi connectivity index (χ1n) is 4.62. The Morgan fingerprint density at radius 1 is 1.67 bits per heavy atom. The molecule has 1 aliphatic rings. The highest BCUT2D eigenvalue weighted by Gasteiger charge is 2.39. The van der Waals surface area contributed by atoms with Gasteiger partial charge in [-0.25, -0.2) is 0 Å². The first-order valence-corrected chi connectivity index (χ1v) is 4.62. The van der Waals surface area contributed by atoms with Gasteiger partial charge in [0.1, 0.15) is 6.04 Å². The lowest BCUT2D eigenvalue weighted by Crippen LogP contribution is -2.28. The quantitative estimate of drug-likeness (QED) is 0.699. The van der Waals surface area contributed by atoms with Crippen LogP contribution in [0.5, 0.6) is 0 Å². The van der Waals surface area contributed by atoms with Gasteiger partial charge in [0.05, 0.1) is 6.07 Å². The van der Waals surface area contributed by atoms with E-state index in [1.165, 1.54) is 12.3 Å². The summed E-state index contributed by atoms with van der Waals surface area (Å²) in [5, 5.41) is 8.45. The van der Waals surface area contributed by atoms with Crippen LogP contribution in [0.25, 0.3) is 0 Å². The SMILES string of the molecule is CC(CC#N)C1=CCC(C(F)(F)F)N=C1. The van der Waals surface area contributed by atoms with Gasteiger partial charge in [-0.3, -0.25) is 4.99 Å². The van der Waals surface area contributed by atoms with E-state index >= 15 is 0 Å². The zero-order valence-electron chi connectivity index (χ0n) is 8.25. The monoisotopic (exact) mass is 216 g/mol. The molecule has 0 saturated carbocycles. The Balaban J connectivity index is 2.62. The molecule has 0 aromatic rings. The van der Waals surface area contributed by atoms with Crippen LogP contribution in [-0.2, 0) is 0 Å². The first kappa shape index (κ1) is 11.8. The van der Waals surface area contributed by atoms with Gasteiger partial charge in [-0.05, 0) is 17.9 Å². The van der Waals surface area contributed by atoms with Crippen molar-refractivity contribution in [2.24, 2.45) is 10.9 Å². The van der Waals surface area contributed by atoms with Crippen molar-refractivity contribution in [3.05, 3.63) is 11.6 Å². The maximum absolute atomic E-state index is 12.2. The summed E-state index contributed by atoms with van der Waals surface area (Å²) in [6.07, 6.45) is -1.33. The summed E-state index contributed by atoms with van der Waals surface area (Å²) in [5.41, 5.74) is 0.719. The molecule has 2 nitrogen and oxygen atoms in total. The number of allylic oxidation sites excluding steroid dienone is 1. The topological polar surface area (TPSA) is 36.1 Å². The standard InChI is InChI=1S/C10H11F3N2/c1-7(4-5-14)8-2-3-9(15-6-8)10(11,12)13/h2,6-7,9H,3-4H2,1H3. The maximum Gasteiger partial charge on any atom is 0.411 e. The van der Waals surface area contributed by atoms with E-state index in [0.717, 1.165) is 5.57 Å². The molecule has 1 heterocycles. The molecule has 0 radical (unpaired) electrons. The molecule has 0 aromatic carbocycles. The van der Waals surface area contributed by atoms with Gasteiger partial charge in [0.25, 0.3) is 0 Å². The molecule has 1 rings (SSSR count). The summed E-state index contributed by atoms with van der Waals surface area (Å²) in [7, 11) is 0. The Bertz CT molecular complexity index is 323. The van der Waals surface area contributed by atoms with Crippen LogP contribution in [-0.4, -0.2) is 18.4 Å². The minimum absolute atomic E-state index is 0.0482. The summed E-state index contributed by atoms with van der Waals surface area (Å²) in [5.74, 6) is -0.0482. The van der Waals surface area contributed by atoms with Crippen LogP contribution in [0.15, 0.2) is 16.6 Å². The lowest BCUT2D eigenvalue weighted by atomic mass is 9.95. The largest absolute Gasteiger partial charge is 0.411 e. The lowest BCUT2D eigenvalue weighted by Gasteiger charge is -2.20. The number of aliphatic imine (C=N–C) groups is 1. The van der Waals surface area contributed by atoms with Gasteiger partial charge in [0.2, 0.25) is 0 Å². The van der Waals surface area contributed by atoms with E-state index in [4.69, 9.17) is 5.26 Å². The second-order valence-electron chi connectivity index (χ2n) is 3.54. The van der Waals surface area contributed by atoms with Gasteiger partial charge in [-0.15, -0.1) is 0 Å². The van der Waals surface area contributed by atoms with Crippen LogP contribution >= 0.6 is 0 Å². The molecule has 2 unspecified atom stereocenters. The molecular formula is C10H11F3N2. The average molecular weight is 216 g/mol. The maximum atomic E-state index is 12.2. The number of hydrogen-bond acceptors (Lipinski definition) is 2. The number of nitriles is 1. The molecule has 5 heteroatoms. The van der Waals surface area contributed by atoms with Crippen molar-refractivity contribution < 1.29 is 13.2 Å². The second kappa shape index (κ2) is 4.47. The molecule has 1 aliphatic heterocycles. The second-order valence-corrected chi connectivity index (χ2v) is 3.54. The Morgan fingerprint density at radius 3 is 2.73 bits per heavy atom. The van der Waals surface area contributed by atoms with E-state index in [2.05, 4.69) is 4.99 Å². The third-order valence-electron chi connectivity index (χ3n) is 2.32. The van der Waals surface area contributed by atoms with Gasteiger partial charge in [-0.1, -0.05) is 13.0 Å². The average Bonchev–Trinajstić information content (AvgIpc) is 2.17. The number of dihydropyridines is 1. The molecule has 0 spiro atoms. The van der Waals surface area contributed by atoms with E-state index in [-0.39, 0.29) is 12.3 Å². The smallest absolute Gasteiger partial charge is 0.280 e. The van der Waals surface area contributed by atoms with Crippen molar-refractivity contribution >= 4 is 6.21 Å². The van der Waals surface area contributed by atoms with Gasteiger partial charge in [-0.2, -0.15) is 18.4 Å². The molecule has 0 fully saturated rings. The van der Waals surface area contributed by atoms with E-state index in [1.54, 1.807) is 6.92 Å². The van der Waals surface area contributed by atoms with Crippen LogP contribution in [0.1, 0.15) is 19.8 Å². The van der Waals surface area contributed by atoms with Crippen molar-refractivity contribution in [1.82, 2.24) is 0 Å². The van der Waals surface area contributed by atoms with Crippen LogP contribution in [0.2, 0.25) is 0 Å². The third kappa shape index (κ3) is 3.08. The summed E-state index contributed by atoms with van der Waals surface area (Å²) in [4.78, 5) is 3.46. The number of rotatable bonds is 2. The van der Waals surface area contributed by atoms with Crippen molar-refractivity contribution in [2.45, 2.75) is 32.0 Å². The highest BCUT2D eigenvalue weighted by molar-refractivity contribution is 5.80. The van der Waals surface area contributed by atoms with Crippen LogP contribution in [0, 0.1) is 17.2 Å². The molecule has 2 atom stereocenters. The minimum Gasteiger partial charge on any atom is -0.280 e. The van der Waals surface area contributed by atoms with E-state index in [1.807, 2.05) is 6.07 Å². The predicted molar refractivity (Wildman–Crippen MR) is 50.4 cm³/mol. The fraction of sp³-hybridized carbons (Fsp3) is 0.600. The number of nitrogens with zero attached hydrogens (tertiary/aromatic N) is 2. The van der Waals surface area contributed by atoms with E-state index in [9.17, 15) is 13.2 Å². The Morgan fingerprint density at radius 2 is 2.33 bits per heavy atom. The van der Waals surface area contributed by atoms with E-state index in [0.29, 0.717) is 6.42 Å². The fourth-order valence-corrected chi connectivity index (χ4v) is 1.34. The molecule has 0 saturated heterocycles. The van der Waals surface area contributed by atoms with Crippen molar-refractivity contribution in [3.63, 3.8) is 0 Å². The molecule has 0 aliphatic carbocycles. The Labute approximate surface area is 86.1 Å². The van der Waals surface area contributed by atoms with Gasteiger partial charge in [0.15, 0.2) is 0 Å². The minimum atomic E-state index is -4.27. The summed E-state index contributed by atoms with van der Waals surface area (Å²) < 4.78 is 36.7. The molecule has 0 amide bonds. The summed E-state index contributed by atoms with van der Waals surface area (Å²) in [6.45, 7) is 1.80. The molecule has 0 N–H and O–H groups in total. The molecular weight excluding hydrogens is 205 g/mol. The van der Waals surface area contributed by atoms with Crippen LogP contribution < -0.4 is 0 Å². The number of hydrogen-bond donors (Lipinski definition) is 0. The van der Waals surface area contributed by atoms with Crippen LogP contribution in [0.4, 0.5) is 13.2 Å². The van der Waals surface area contributed by atoms with E-state index < -0.39 is 12.2 Å². The molecule has 0 bridgehead atoms. The Hall–Kier alpha value is -1.31. The summed E-state index contributed by atoms with van der Waals surface area (Å²) in [6, 6.07) is 0.366. The van der Waals surface area contributed by atoms with Gasteiger partial charge >= 0.3 is 6.18 Å². The van der Waals surface area contributed by atoms with Crippen molar-refractivity contribution in [3.8, 4) is 6.07 Å². The number of halogens is 3. The predicted octanol–water partition coefficient (Wildman–Crippen LogP) is 2.87. The Kier molecular flexibility index (Phi) is 3.51. The number of alkyl halides is 3. The fourth-order valence-electron chi connectivity index (χ4n) is 1.34. The lowest BCUT2D eigenvalue weighted by molar-refractivity contribution is -0.146. The molecule has 82 valence electrons.